The van der Waals surface area contributed by atoms with Gasteiger partial charge in [0.25, 0.3) is 0 Å². The standard InChI is InChI=1S/C8H10NO.CH4/c1-7(10)8-4-3-5-9(2)6-8;/h3-6H,1-2H3;1H4/q+1;/i1D;. The zero-order chi connectivity index (χ0) is 8.27. The maximum Gasteiger partial charge on any atom is 0.179 e. The zero-order valence-electron chi connectivity index (χ0n) is 6.87. The summed E-state index contributed by atoms with van der Waals surface area (Å²) in [4.78, 5) is 11.0. The molecule has 0 aliphatic rings. The summed E-state index contributed by atoms with van der Waals surface area (Å²) < 4.78 is 8.65. The van der Waals surface area contributed by atoms with Crippen molar-refractivity contribution in [2.75, 3.05) is 0 Å². The van der Waals surface area contributed by atoms with Crippen LogP contribution in [-0.4, -0.2) is 5.78 Å². The Labute approximate surface area is 68.9 Å². The molecule has 0 spiro atoms. The number of Topliss-reactive ketones (excluding diaryl/α,β-unsaturated/α-hetero) is 1. The molecule has 0 fully saturated rings. The van der Waals surface area contributed by atoms with Gasteiger partial charge in [0, 0.05) is 7.44 Å². The Morgan fingerprint density at radius 2 is 2.45 bits per heavy atom. The van der Waals surface area contributed by atoms with E-state index in [-0.39, 0.29) is 20.1 Å². The van der Waals surface area contributed by atoms with Crippen molar-refractivity contribution in [3.8, 4) is 0 Å². The maximum absolute atomic E-state index is 11.0. The van der Waals surface area contributed by atoms with Crippen molar-refractivity contribution in [1.82, 2.24) is 0 Å². The van der Waals surface area contributed by atoms with Crippen LogP contribution in [0, 0.1) is 0 Å². The van der Waals surface area contributed by atoms with E-state index in [0.717, 1.165) is 0 Å². The van der Waals surface area contributed by atoms with Crippen molar-refractivity contribution in [1.29, 1.82) is 0 Å². The van der Waals surface area contributed by atoms with Gasteiger partial charge in [-0.1, -0.05) is 7.43 Å². The molecule has 0 amide bonds. The summed E-state index contributed by atoms with van der Waals surface area (Å²) in [6.45, 7) is -0.177. The van der Waals surface area contributed by atoms with Crippen LogP contribution >= 0.6 is 0 Å². The van der Waals surface area contributed by atoms with Gasteiger partial charge < -0.3 is 0 Å². The average molecular weight is 153 g/mol. The van der Waals surface area contributed by atoms with Gasteiger partial charge in [-0.3, -0.25) is 4.79 Å². The second-order valence-electron chi connectivity index (χ2n) is 2.18. The zero-order valence-corrected chi connectivity index (χ0v) is 5.87. The molecule has 0 saturated heterocycles. The summed E-state index contributed by atoms with van der Waals surface area (Å²) in [6, 6.07) is 3.51. The minimum Gasteiger partial charge on any atom is -0.294 e. The maximum atomic E-state index is 11.0. The van der Waals surface area contributed by atoms with E-state index in [2.05, 4.69) is 0 Å². The lowest BCUT2D eigenvalue weighted by atomic mass is 10.2. The van der Waals surface area contributed by atoms with Gasteiger partial charge in [-0.25, -0.2) is 4.57 Å². The van der Waals surface area contributed by atoms with E-state index in [1.165, 1.54) is 0 Å². The molecule has 0 saturated carbocycles. The van der Waals surface area contributed by atoms with Gasteiger partial charge in [-0.15, -0.1) is 0 Å². The molecular weight excluding hydrogens is 138 g/mol. The quantitative estimate of drug-likeness (QED) is 0.440. The number of ketones is 1. The Morgan fingerprint density at radius 1 is 1.73 bits per heavy atom. The largest absolute Gasteiger partial charge is 0.294 e. The molecule has 60 valence electrons. The van der Waals surface area contributed by atoms with Crippen molar-refractivity contribution in [3.63, 3.8) is 0 Å². The van der Waals surface area contributed by atoms with Crippen LogP contribution in [0.15, 0.2) is 24.5 Å². The highest BCUT2D eigenvalue weighted by molar-refractivity contribution is 5.93. The molecule has 0 bridgehead atoms. The molecule has 0 radical (unpaired) electrons. The van der Waals surface area contributed by atoms with E-state index in [4.69, 9.17) is 1.37 Å². The summed E-state index contributed by atoms with van der Waals surface area (Å²) in [5, 5.41) is 0. The predicted molar refractivity (Wildman–Crippen MR) is 44.4 cm³/mol. The van der Waals surface area contributed by atoms with E-state index < -0.39 is 0 Å². The Hall–Kier alpha value is -1.18. The van der Waals surface area contributed by atoms with Crippen molar-refractivity contribution < 1.29 is 10.7 Å². The van der Waals surface area contributed by atoms with E-state index >= 15 is 0 Å². The van der Waals surface area contributed by atoms with Crippen LogP contribution in [0.1, 0.15) is 26.1 Å². The third kappa shape index (κ3) is 2.50. The number of hydrogen-bond acceptors (Lipinski definition) is 1. The van der Waals surface area contributed by atoms with Crippen LogP contribution in [0.2, 0.25) is 0 Å². The fourth-order valence-electron chi connectivity index (χ4n) is 0.753. The lowest BCUT2D eigenvalue weighted by Crippen LogP contribution is -2.27. The van der Waals surface area contributed by atoms with Crippen LogP contribution < -0.4 is 4.57 Å². The molecule has 0 unspecified atom stereocenters. The third-order valence-electron chi connectivity index (χ3n) is 1.26. The smallest absolute Gasteiger partial charge is 0.179 e. The van der Waals surface area contributed by atoms with Crippen molar-refractivity contribution >= 4 is 5.78 Å². The SMILES string of the molecule is C.[2H]CC(=O)c1ccc[n+](C)c1. The molecule has 1 aromatic rings. The summed E-state index contributed by atoms with van der Waals surface area (Å²) >= 11 is 0. The molecule has 0 aromatic carbocycles. The van der Waals surface area contributed by atoms with Gasteiger partial charge in [-0.2, -0.15) is 0 Å². The van der Waals surface area contributed by atoms with Crippen LogP contribution in [0.5, 0.6) is 0 Å². The van der Waals surface area contributed by atoms with Gasteiger partial charge in [0.2, 0.25) is 0 Å². The van der Waals surface area contributed by atoms with Gasteiger partial charge in [0.15, 0.2) is 18.2 Å². The van der Waals surface area contributed by atoms with Gasteiger partial charge in [0.05, 0.1) is 5.56 Å². The lowest BCUT2D eigenvalue weighted by Gasteiger charge is -1.89. The van der Waals surface area contributed by atoms with E-state index in [1.807, 2.05) is 13.2 Å². The number of aromatic nitrogens is 1. The molecular formula is C9H14NO+. The van der Waals surface area contributed by atoms with Crippen molar-refractivity contribution in [3.05, 3.63) is 30.1 Å². The fourth-order valence-corrected chi connectivity index (χ4v) is 0.753. The van der Waals surface area contributed by atoms with Gasteiger partial charge >= 0.3 is 0 Å². The lowest BCUT2D eigenvalue weighted by molar-refractivity contribution is -0.671. The Bertz CT molecular complexity index is 273. The van der Waals surface area contributed by atoms with Crippen LogP contribution in [-0.2, 0) is 7.05 Å². The molecule has 1 heterocycles. The van der Waals surface area contributed by atoms with E-state index in [1.54, 1.807) is 22.9 Å². The second-order valence-corrected chi connectivity index (χ2v) is 2.18. The predicted octanol–water partition coefficient (Wildman–Crippen LogP) is 1.35. The molecule has 2 nitrogen and oxygen atoms in total. The van der Waals surface area contributed by atoms with Crippen LogP contribution in [0.4, 0.5) is 0 Å². The molecule has 2 heteroatoms. The van der Waals surface area contributed by atoms with Crippen LogP contribution in [0.25, 0.3) is 0 Å². The fraction of sp³-hybridized carbons (Fsp3) is 0.333. The number of pyridine rings is 1. The number of rotatable bonds is 1. The average Bonchev–Trinajstić information content (AvgIpc) is 2.03. The topological polar surface area (TPSA) is 20.9 Å². The van der Waals surface area contributed by atoms with E-state index in [9.17, 15) is 4.79 Å². The van der Waals surface area contributed by atoms with Crippen LogP contribution in [0.3, 0.4) is 0 Å². The summed E-state index contributed by atoms with van der Waals surface area (Å²) in [5.74, 6) is -0.138. The first-order valence-corrected chi connectivity index (χ1v) is 3.02. The third-order valence-corrected chi connectivity index (χ3v) is 1.26. The summed E-state index contributed by atoms with van der Waals surface area (Å²) in [5.41, 5.74) is 0.602. The minimum absolute atomic E-state index is 0. The first-order chi connectivity index (χ1) is 5.24. The van der Waals surface area contributed by atoms with Crippen molar-refractivity contribution in [2.24, 2.45) is 7.05 Å². The monoisotopic (exact) mass is 153 g/mol. The number of carbonyl (C=O) groups excluding carboxylic acids is 1. The second kappa shape index (κ2) is 3.86. The summed E-state index contributed by atoms with van der Waals surface area (Å²) in [6.07, 6.45) is 3.57. The van der Waals surface area contributed by atoms with Gasteiger partial charge in [0.1, 0.15) is 7.05 Å². The first-order valence-electron chi connectivity index (χ1n) is 3.72. The Morgan fingerprint density at radius 3 is 3.00 bits per heavy atom. The highest BCUT2D eigenvalue weighted by atomic mass is 16.1. The molecule has 0 aliphatic carbocycles. The van der Waals surface area contributed by atoms with Crippen molar-refractivity contribution in [2.45, 2.75) is 14.3 Å². The minimum atomic E-state index is -0.177. The molecule has 1 aromatic heterocycles. The molecule has 0 atom stereocenters. The molecule has 1 rings (SSSR count). The highest BCUT2D eigenvalue weighted by Gasteiger charge is 2.01. The van der Waals surface area contributed by atoms with E-state index in [0.29, 0.717) is 5.56 Å². The Kier molecular flexibility index (Phi) is 2.78. The molecule has 0 N–H and O–H groups in total. The molecule has 0 aliphatic heterocycles. The Balaban J connectivity index is 0.00000121. The highest BCUT2D eigenvalue weighted by Crippen LogP contribution is 1.93. The first kappa shape index (κ1) is 7.92. The number of carbonyl (C=O) groups is 1. The number of hydrogen-bond donors (Lipinski definition) is 0. The normalized spacial score (nSPS) is 9.73. The molecule has 11 heavy (non-hydrogen) atoms. The van der Waals surface area contributed by atoms with Gasteiger partial charge in [-0.05, 0) is 13.0 Å². The number of nitrogens with zero attached hydrogens (tertiary/aromatic N) is 1. The number of aryl methyl sites for hydroxylation is 1. The summed E-state index contributed by atoms with van der Waals surface area (Å²) in [7, 11) is 1.85.